The fourth-order valence-electron chi connectivity index (χ4n) is 0.328. The summed E-state index contributed by atoms with van der Waals surface area (Å²) < 4.78 is 0. The summed E-state index contributed by atoms with van der Waals surface area (Å²) in [7, 11) is 0. The molecule has 0 atom stereocenters. The van der Waals surface area contributed by atoms with E-state index in [1.807, 2.05) is 6.92 Å². The third-order valence-electron chi connectivity index (χ3n) is 0.744. The van der Waals surface area contributed by atoms with Gasteiger partial charge in [0.25, 0.3) is 0 Å². The molecule has 0 unspecified atom stereocenters. The summed E-state index contributed by atoms with van der Waals surface area (Å²) in [5.74, 6) is -0.693. The van der Waals surface area contributed by atoms with Crippen LogP contribution in [0, 0.1) is 0 Å². The molecule has 0 radical (unpaired) electrons. The maximum Gasteiger partial charge on any atom is 0.303 e. The molecule has 1 N–H and O–H groups in total. The van der Waals surface area contributed by atoms with Crippen LogP contribution < -0.4 is 0 Å². The third kappa shape index (κ3) is 9.44. The average Bonchev–Trinajstić information content (AvgIpc) is 1.61. The van der Waals surface area contributed by atoms with Gasteiger partial charge in [-0.3, -0.25) is 4.79 Å². The first-order chi connectivity index (χ1) is 3.27. The van der Waals surface area contributed by atoms with Gasteiger partial charge in [0.05, 0.1) is 0 Å². The van der Waals surface area contributed by atoms with Crippen LogP contribution in [0.15, 0.2) is 0 Å². The second-order valence-electron chi connectivity index (χ2n) is 1.50. The molecule has 0 aromatic heterocycles. The van der Waals surface area contributed by atoms with Gasteiger partial charge >= 0.3 is 5.97 Å². The van der Waals surface area contributed by atoms with E-state index in [1.165, 1.54) is 0 Å². The van der Waals surface area contributed by atoms with Gasteiger partial charge in [0.1, 0.15) is 0 Å². The van der Waals surface area contributed by atoms with Crippen LogP contribution in [0.1, 0.15) is 26.2 Å². The summed E-state index contributed by atoms with van der Waals surface area (Å²) in [5, 5.41) is 8.04. The molecule has 0 spiro atoms. The minimum absolute atomic E-state index is 0. The Kier molecular flexibility index (Phi) is 9.75. The summed E-state index contributed by atoms with van der Waals surface area (Å²) >= 11 is 0. The summed E-state index contributed by atoms with van der Waals surface area (Å²) in [5.41, 5.74) is 0. The van der Waals surface area contributed by atoms with Crippen LogP contribution in [-0.4, -0.2) is 11.1 Å². The van der Waals surface area contributed by atoms with E-state index < -0.39 is 5.97 Å². The Morgan fingerprint density at radius 2 is 2.12 bits per heavy atom. The van der Waals surface area contributed by atoms with Crippen molar-refractivity contribution in [2.45, 2.75) is 26.2 Å². The van der Waals surface area contributed by atoms with Crippen LogP contribution in [-0.2, 0) is 24.6 Å². The summed E-state index contributed by atoms with van der Waals surface area (Å²) in [6.07, 6.45) is 2.08. The maximum atomic E-state index is 9.76. The molecule has 0 aromatic rings. The predicted octanol–water partition coefficient (Wildman–Crippen LogP) is 1.26. The number of carboxylic acids is 1. The first kappa shape index (κ1) is 11.0. The van der Waals surface area contributed by atoms with Gasteiger partial charge in [0, 0.05) is 26.2 Å². The van der Waals surface area contributed by atoms with Gasteiger partial charge in [-0.2, -0.15) is 0 Å². The van der Waals surface area contributed by atoms with Crippen LogP contribution in [0.25, 0.3) is 0 Å². The second-order valence-corrected chi connectivity index (χ2v) is 1.50. The minimum Gasteiger partial charge on any atom is -0.481 e. The molecule has 0 fully saturated rings. The van der Waals surface area contributed by atoms with Gasteiger partial charge < -0.3 is 5.11 Å². The third-order valence-corrected chi connectivity index (χ3v) is 0.744. The van der Waals surface area contributed by atoms with Crippen molar-refractivity contribution in [3.63, 3.8) is 0 Å². The number of hydrogen-bond donors (Lipinski definition) is 1. The van der Waals surface area contributed by atoms with E-state index in [4.69, 9.17) is 5.11 Å². The van der Waals surface area contributed by atoms with Crippen LogP contribution in [0.2, 0.25) is 0 Å². The van der Waals surface area contributed by atoms with Crippen molar-refractivity contribution in [2.24, 2.45) is 0 Å². The Labute approximate surface area is 62.3 Å². The minimum atomic E-state index is -0.693. The van der Waals surface area contributed by atoms with Gasteiger partial charge in [0.15, 0.2) is 0 Å². The molecule has 2 nitrogen and oxygen atoms in total. The number of unbranched alkanes of at least 4 members (excludes halogenated alkanes) is 1. The first-order valence-corrected chi connectivity index (χ1v) is 2.49. The number of rotatable bonds is 3. The van der Waals surface area contributed by atoms with Gasteiger partial charge in [-0.15, -0.1) is 0 Å². The van der Waals surface area contributed by atoms with Crippen molar-refractivity contribution in [3.8, 4) is 0 Å². The summed E-state index contributed by atoms with van der Waals surface area (Å²) in [4.78, 5) is 9.76. The Hall–Kier alpha value is 0.106. The normalized spacial score (nSPS) is 7.62. The molecule has 0 bridgehead atoms. The zero-order valence-corrected chi connectivity index (χ0v) is 7.37. The molecule has 0 saturated carbocycles. The van der Waals surface area contributed by atoms with Gasteiger partial charge in [-0.1, -0.05) is 13.3 Å². The van der Waals surface area contributed by atoms with Crippen LogP contribution in [0.5, 0.6) is 0 Å². The maximum absolute atomic E-state index is 9.76. The zero-order valence-electron chi connectivity index (χ0n) is 4.83. The molecular formula is C5H10O2Os. The van der Waals surface area contributed by atoms with E-state index in [9.17, 15) is 4.79 Å². The molecule has 0 aromatic carbocycles. The predicted molar refractivity (Wildman–Crippen MR) is 27.2 cm³/mol. The topological polar surface area (TPSA) is 37.3 Å². The fourth-order valence-corrected chi connectivity index (χ4v) is 0.328. The van der Waals surface area contributed by atoms with Crippen molar-refractivity contribution in [1.29, 1.82) is 0 Å². The SMILES string of the molecule is CCCCC(=O)O.[Os]. The van der Waals surface area contributed by atoms with Crippen molar-refractivity contribution < 1.29 is 29.7 Å². The van der Waals surface area contributed by atoms with E-state index in [2.05, 4.69) is 0 Å². The molecule has 0 heterocycles. The fraction of sp³-hybridized carbons (Fsp3) is 0.800. The van der Waals surface area contributed by atoms with Crippen LogP contribution in [0.3, 0.4) is 0 Å². The molecule has 50 valence electrons. The van der Waals surface area contributed by atoms with Crippen molar-refractivity contribution in [1.82, 2.24) is 0 Å². The molecule has 0 aliphatic heterocycles. The molecule has 0 aliphatic rings. The quantitative estimate of drug-likeness (QED) is 0.850. The molecule has 0 rings (SSSR count). The summed E-state index contributed by atoms with van der Waals surface area (Å²) in [6.45, 7) is 1.98. The molecular weight excluding hydrogens is 282 g/mol. The number of carbonyl (C=O) groups is 1. The molecule has 3 heteroatoms. The second kappa shape index (κ2) is 7.11. The largest absolute Gasteiger partial charge is 0.481 e. The number of carboxylic acid groups (broad SMARTS) is 1. The Morgan fingerprint density at radius 3 is 2.25 bits per heavy atom. The van der Waals surface area contributed by atoms with E-state index >= 15 is 0 Å². The van der Waals surface area contributed by atoms with E-state index in [0.717, 1.165) is 12.8 Å². The van der Waals surface area contributed by atoms with Gasteiger partial charge in [-0.05, 0) is 6.42 Å². The zero-order chi connectivity index (χ0) is 5.70. The number of aliphatic carboxylic acids is 1. The van der Waals surface area contributed by atoms with Crippen LogP contribution in [0.4, 0.5) is 0 Å². The average molecular weight is 292 g/mol. The Bertz CT molecular complexity index is 63.4. The summed E-state index contributed by atoms with van der Waals surface area (Å²) in [6, 6.07) is 0. The standard InChI is InChI=1S/C5H10O2.Os/c1-2-3-4-5(6)7;/h2-4H2,1H3,(H,6,7);. The Balaban J connectivity index is 0. The van der Waals surface area contributed by atoms with E-state index in [-0.39, 0.29) is 19.8 Å². The monoisotopic (exact) mass is 294 g/mol. The van der Waals surface area contributed by atoms with E-state index in [0.29, 0.717) is 6.42 Å². The molecule has 0 aliphatic carbocycles. The van der Waals surface area contributed by atoms with Gasteiger partial charge in [-0.25, -0.2) is 0 Å². The Morgan fingerprint density at radius 1 is 1.62 bits per heavy atom. The van der Waals surface area contributed by atoms with Crippen molar-refractivity contribution in [2.75, 3.05) is 0 Å². The van der Waals surface area contributed by atoms with E-state index in [1.54, 1.807) is 0 Å². The first-order valence-electron chi connectivity index (χ1n) is 2.49. The smallest absolute Gasteiger partial charge is 0.303 e. The van der Waals surface area contributed by atoms with Crippen molar-refractivity contribution >= 4 is 5.97 Å². The van der Waals surface area contributed by atoms with Crippen molar-refractivity contribution in [3.05, 3.63) is 0 Å². The number of hydrogen-bond acceptors (Lipinski definition) is 1. The molecule has 0 saturated heterocycles. The molecule has 8 heavy (non-hydrogen) atoms. The molecule has 0 amide bonds. The van der Waals surface area contributed by atoms with Gasteiger partial charge in [0.2, 0.25) is 0 Å². The van der Waals surface area contributed by atoms with Crippen LogP contribution >= 0.6 is 0 Å².